The molecule has 0 spiro atoms. The van der Waals surface area contributed by atoms with Gasteiger partial charge >= 0.3 is 5.97 Å². The van der Waals surface area contributed by atoms with Crippen molar-refractivity contribution in [2.45, 2.75) is 31.2 Å². The summed E-state index contributed by atoms with van der Waals surface area (Å²) in [5, 5.41) is 12.5. The fourth-order valence-electron chi connectivity index (χ4n) is 2.63. The van der Waals surface area contributed by atoms with Crippen molar-refractivity contribution < 1.29 is 9.90 Å². The van der Waals surface area contributed by atoms with Crippen LogP contribution in [0.2, 0.25) is 0 Å². The van der Waals surface area contributed by atoms with Crippen LogP contribution in [0.3, 0.4) is 0 Å². The number of hydrogen-bond acceptors (Lipinski definition) is 4. The largest absolute Gasteiger partial charge is 0.480 e. The Kier molecular flexibility index (Phi) is 2.81. The van der Waals surface area contributed by atoms with E-state index in [0.29, 0.717) is 18.7 Å². The Bertz CT molecular complexity index is 621. The molecule has 2 N–H and O–H groups in total. The van der Waals surface area contributed by atoms with E-state index in [2.05, 4.69) is 15.3 Å². The standard InChI is InChI=1S/C14H15N3O2/c18-13(19)14(7-3-4-8-14)17-12-9-15-10-5-1-2-6-11(10)16-12/h1-2,5-6,9H,3-4,7-8H2,(H,16,17)(H,18,19). The molecule has 1 aromatic carbocycles. The first-order chi connectivity index (χ1) is 9.20. The molecule has 0 saturated heterocycles. The summed E-state index contributed by atoms with van der Waals surface area (Å²) in [5.74, 6) is -0.275. The summed E-state index contributed by atoms with van der Waals surface area (Å²) in [6, 6.07) is 7.55. The molecule has 98 valence electrons. The number of fused-ring (bicyclic) bond motifs is 1. The Balaban J connectivity index is 1.94. The molecule has 0 radical (unpaired) electrons. The number of nitrogens with one attached hydrogen (secondary N) is 1. The van der Waals surface area contributed by atoms with Crippen molar-refractivity contribution >= 4 is 22.8 Å². The summed E-state index contributed by atoms with van der Waals surface area (Å²) < 4.78 is 0. The number of aromatic nitrogens is 2. The van der Waals surface area contributed by atoms with Crippen LogP contribution >= 0.6 is 0 Å². The maximum Gasteiger partial charge on any atom is 0.329 e. The van der Waals surface area contributed by atoms with Gasteiger partial charge in [-0.1, -0.05) is 25.0 Å². The maximum atomic E-state index is 11.5. The van der Waals surface area contributed by atoms with Crippen LogP contribution in [0.4, 0.5) is 5.82 Å². The van der Waals surface area contributed by atoms with E-state index in [1.807, 2.05) is 24.3 Å². The summed E-state index contributed by atoms with van der Waals surface area (Å²) in [6.07, 6.45) is 4.74. The molecule has 1 heterocycles. The Morgan fingerprint density at radius 2 is 1.89 bits per heavy atom. The van der Waals surface area contributed by atoms with E-state index in [0.717, 1.165) is 23.9 Å². The molecular formula is C14H15N3O2. The number of benzene rings is 1. The molecule has 2 aromatic rings. The molecule has 0 aliphatic heterocycles. The molecule has 0 amide bonds. The van der Waals surface area contributed by atoms with Crippen LogP contribution in [0.1, 0.15) is 25.7 Å². The smallest absolute Gasteiger partial charge is 0.329 e. The van der Waals surface area contributed by atoms with Crippen LogP contribution in [0.5, 0.6) is 0 Å². The fourth-order valence-corrected chi connectivity index (χ4v) is 2.63. The van der Waals surface area contributed by atoms with E-state index in [1.54, 1.807) is 6.20 Å². The maximum absolute atomic E-state index is 11.5. The minimum atomic E-state index is -0.878. The van der Waals surface area contributed by atoms with Crippen molar-refractivity contribution in [3.8, 4) is 0 Å². The molecule has 0 unspecified atom stereocenters. The van der Waals surface area contributed by atoms with E-state index in [4.69, 9.17) is 0 Å². The van der Waals surface area contributed by atoms with E-state index in [9.17, 15) is 9.90 Å². The lowest BCUT2D eigenvalue weighted by molar-refractivity contribution is -0.142. The van der Waals surface area contributed by atoms with Crippen LogP contribution in [0, 0.1) is 0 Å². The van der Waals surface area contributed by atoms with Crippen LogP contribution < -0.4 is 5.32 Å². The summed E-state index contributed by atoms with van der Waals surface area (Å²) in [6.45, 7) is 0. The van der Waals surface area contributed by atoms with Crippen LogP contribution in [-0.4, -0.2) is 26.6 Å². The fraction of sp³-hybridized carbons (Fsp3) is 0.357. The Labute approximate surface area is 110 Å². The first-order valence-electron chi connectivity index (χ1n) is 6.43. The Hall–Kier alpha value is -2.17. The first kappa shape index (κ1) is 11.9. The van der Waals surface area contributed by atoms with Crippen molar-refractivity contribution in [3.63, 3.8) is 0 Å². The summed E-state index contributed by atoms with van der Waals surface area (Å²) >= 11 is 0. The van der Waals surface area contributed by atoms with Gasteiger partial charge < -0.3 is 10.4 Å². The highest BCUT2D eigenvalue weighted by Crippen LogP contribution is 2.33. The molecular weight excluding hydrogens is 242 g/mol. The minimum absolute atomic E-state index is 0.531. The van der Waals surface area contributed by atoms with Crippen molar-refractivity contribution in [2.24, 2.45) is 0 Å². The van der Waals surface area contributed by atoms with E-state index >= 15 is 0 Å². The van der Waals surface area contributed by atoms with Crippen molar-refractivity contribution in [3.05, 3.63) is 30.5 Å². The molecule has 0 atom stereocenters. The normalized spacial score (nSPS) is 17.5. The molecule has 1 saturated carbocycles. The number of rotatable bonds is 3. The quantitative estimate of drug-likeness (QED) is 0.883. The van der Waals surface area contributed by atoms with Gasteiger partial charge in [-0.3, -0.25) is 4.98 Å². The highest BCUT2D eigenvalue weighted by molar-refractivity contribution is 5.83. The molecule has 5 nitrogen and oxygen atoms in total. The van der Waals surface area contributed by atoms with Gasteiger partial charge in [0.15, 0.2) is 0 Å². The zero-order valence-corrected chi connectivity index (χ0v) is 10.5. The number of para-hydroxylation sites is 2. The lowest BCUT2D eigenvalue weighted by Crippen LogP contribution is -2.43. The van der Waals surface area contributed by atoms with Gasteiger partial charge in [-0.05, 0) is 25.0 Å². The monoisotopic (exact) mass is 257 g/mol. The van der Waals surface area contributed by atoms with E-state index in [1.165, 1.54) is 0 Å². The molecule has 1 aliphatic carbocycles. The zero-order valence-electron chi connectivity index (χ0n) is 10.5. The van der Waals surface area contributed by atoms with Gasteiger partial charge in [-0.25, -0.2) is 9.78 Å². The third-order valence-corrected chi connectivity index (χ3v) is 3.68. The summed E-state index contributed by atoms with van der Waals surface area (Å²) in [4.78, 5) is 20.2. The SMILES string of the molecule is O=C(O)C1(Nc2cnc3ccccc3n2)CCCC1. The average Bonchev–Trinajstić information content (AvgIpc) is 2.88. The number of hydrogen-bond donors (Lipinski definition) is 2. The second-order valence-electron chi connectivity index (χ2n) is 4.96. The molecule has 5 heteroatoms. The number of carbonyl (C=O) groups is 1. The number of anilines is 1. The predicted molar refractivity (Wildman–Crippen MR) is 72.0 cm³/mol. The van der Waals surface area contributed by atoms with Gasteiger partial charge in [0.25, 0.3) is 0 Å². The molecule has 1 aromatic heterocycles. The lowest BCUT2D eigenvalue weighted by Gasteiger charge is -2.25. The van der Waals surface area contributed by atoms with Gasteiger partial charge in [0.1, 0.15) is 11.4 Å². The van der Waals surface area contributed by atoms with Gasteiger partial charge in [0.2, 0.25) is 0 Å². The highest BCUT2D eigenvalue weighted by atomic mass is 16.4. The molecule has 1 aliphatic rings. The average molecular weight is 257 g/mol. The zero-order chi connectivity index (χ0) is 13.3. The van der Waals surface area contributed by atoms with Crippen LogP contribution in [-0.2, 0) is 4.79 Å². The number of carboxylic acid groups (broad SMARTS) is 1. The third-order valence-electron chi connectivity index (χ3n) is 3.68. The van der Waals surface area contributed by atoms with Gasteiger partial charge in [-0.15, -0.1) is 0 Å². The number of carboxylic acids is 1. The second kappa shape index (κ2) is 4.50. The molecule has 0 bridgehead atoms. The first-order valence-corrected chi connectivity index (χ1v) is 6.43. The highest BCUT2D eigenvalue weighted by Gasteiger charge is 2.41. The van der Waals surface area contributed by atoms with Gasteiger partial charge in [0, 0.05) is 0 Å². The lowest BCUT2D eigenvalue weighted by atomic mass is 9.98. The van der Waals surface area contributed by atoms with E-state index in [-0.39, 0.29) is 0 Å². The van der Waals surface area contributed by atoms with E-state index < -0.39 is 11.5 Å². The Morgan fingerprint density at radius 3 is 2.58 bits per heavy atom. The van der Waals surface area contributed by atoms with Crippen molar-refractivity contribution in [1.29, 1.82) is 0 Å². The number of nitrogens with zero attached hydrogens (tertiary/aromatic N) is 2. The predicted octanol–water partition coefficient (Wildman–Crippen LogP) is 2.44. The summed E-state index contributed by atoms with van der Waals surface area (Å²) in [7, 11) is 0. The second-order valence-corrected chi connectivity index (χ2v) is 4.96. The molecule has 19 heavy (non-hydrogen) atoms. The third kappa shape index (κ3) is 2.12. The van der Waals surface area contributed by atoms with Gasteiger partial charge in [-0.2, -0.15) is 0 Å². The molecule has 3 rings (SSSR count). The molecule has 1 fully saturated rings. The van der Waals surface area contributed by atoms with Crippen molar-refractivity contribution in [2.75, 3.05) is 5.32 Å². The van der Waals surface area contributed by atoms with Crippen LogP contribution in [0.25, 0.3) is 11.0 Å². The number of aliphatic carboxylic acids is 1. The summed E-state index contributed by atoms with van der Waals surface area (Å²) in [5.41, 5.74) is 0.701. The van der Waals surface area contributed by atoms with Crippen LogP contribution in [0.15, 0.2) is 30.5 Å². The van der Waals surface area contributed by atoms with Crippen molar-refractivity contribution in [1.82, 2.24) is 9.97 Å². The Morgan fingerprint density at radius 1 is 1.21 bits per heavy atom. The van der Waals surface area contributed by atoms with Gasteiger partial charge in [0.05, 0.1) is 17.2 Å². The minimum Gasteiger partial charge on any atom is -0.480 e. The topological polar surface area (TPSA) is 75.1 Å².